The van der Waals surface area contributed by atoms with E-state index < -0.39 is 0 Å². The molecule has 0 fully saturated rings. The number of fused-ring (bicyclic) bond motifs is 3. The molecule has 0 aliphatic carbocycles. The minimum Gasteiger partial charge on any atom is -0.461 e. The average molecular weight is 243 g/mol. The van der Waals surface area contributed by atoms with Crippen molar-refractivity contribution in [3.63, 3.8) is 0 Å². The number of hydrogen-bond acceptors (Lipinski definition) is 5. The van der Waals surface area contributed by atoms with Crippen LogP contribution in [0.15, 0.2) is 41.7 Å². The van der Waals surface area contributed by atoms with Gasteiger partial charge >= 0.3 is 5.97 Å². The molecule has 0 aromatic heterocycles. The summed E-state index contributed by atoms with van der Waals surface area (Å²) >= 11 is 0. The number of carbonyl (C=O) groups excluding carboxylic acids is 1. The number of esters is 1. The van der Waals surface area contributed by atoms with Gasteiger partial charge in [0.2, 0.25) is 0 Å². The average Bonchev–Trinajstić information content (AvgIpc) is 2.83. The Morgan fingerprint density at radius 1 is 1.33 bits per heavy atom. The second-order valence-electron chi connectivity index (χ2n) is 3.95. The van der Waals surface area contributed by atoms with E-state index in [1.54, 1.807) is 6.92 Å². The Morgan fingerprint density at radius 2 is 2.17 bits per heavy atom. The molecule has 0 spiro atoms. The molecule has 5 heteroatoms. The first kappa shape index (κ1) is 10.9. The van der Waals surface area contributed by atoms with E-state index in [0.717, 1.165) is 16.9 Å². The van der Waals surface area contributed by atoms with Crippen molar-refractivity contribution >= 4 is 17.7 Å². The summed E-state index contributed by atoms with van der Waals surface area (Å²) in [4.78, 5) is 11.8. The molecule has 0 amide bonds. The molecular formula is C13H13N3O2. The lowest BCUT2D eigenvalue weighted by molar-refractivity contribution is -0.138. The third-order valence-corrected chi connectivity index (χ3v) is 2.87. The molecule has 0 radical (unpaired) electrons. The van der Waals surface area contributed by atoms with Gasteiger partial charge < -0.3 is 4.74 Å². The fourth-order valence-corrected chi connectivity index (χ4v) is 2.06. The maximum Gasteiger partial charge on any atom is 0.358 e. The molecular weight excluding hydrogens is 230 g/mol. The molecule has 3 rings (SSSR count). The highest BCUT2D eigenvalue weighted by Gasteiger charge is 2.29. The number of nitrogens with zero attached hydrogens (tertiary/aromatic N) is 1. The smallest absolute Gasteiger partial charge is 0.358 e. The van der Waals surface area contributed by atoms with Gasteiger partial charge in [-0.05, 0) is 24.6 Å². The van der Waals surface area contributed by atoms with Crippen molar-refractivity contribution in [3.05, 3.63) is 47.3 Å². The van der Waals surface area contributed by atoms with Gasteiger partial charge in [-0.15, -0.1) is 5.53 Å². The van der Waals surface area contributed by atoms with Gasteiger partial charge in [0, 0.05) is 0 Å². The molecule has 1 aromatic carbocycles. The van der Waals surface area contributed by atoms with Gasteiger partial charge in [0.05, 0.1) is 18.0 Å². The van der Waals surface area contributed by atoms with Crippen molar-refractivity contribution < 1.29 is 9.53 Å². The van der Waals surface area contributed by atoms with E-state index in [0.29, 0.717) is 12.3 Å². The second-order valence-corrected chi connectivity index (χ2v) is 3.95. The van der Waals surface area contributed by atoms with Crippen molar-refractivity contribution in [1.82, 2.24) is 11.0 Å². The molecule has 0 atom stereocenters. The lowest BCUT2D eigenvalue weighted by atomic mass is 10.1. The molecule has 5 nitrogen and oxygen atoms in total. The molecule has 0 saturated heterocycles. The summed E-state index contributed by atoms with van der Waals surface area (Å²) in [5.74, 6) is -0.355. The Morgan fingerprint density at radius 3 is 3.00 bits per heavy atom. The highest BCUT2D eigenvalue weighted by atomic mass is 16.5. The fraction of sp³-hybridized carbons (Fsp3) is 0.154. The first-order valence-electron chi connectivity index (χ1n) is 5.81. The zero-order chi connectivity index (χ0) is 12.5. The largest absolute Gasteiger partial charge is 0.461 e. The van der Waals surface area contributed by atoms with E-state index >= 15 is 0 Å². The lowest BCUT2D eigenvalue weighted by Crippen LogP contribution is -2.39. The number of ether oxygens (including phenoxy) is 1. The molecule has 2 aliphatic rings. The van der Waals surface area contributed by atoms with Crippen LogP contribution in [0.3, 0.4) is 0 Å². The monoisotopic (exact) mass is 243 g/mol. The number of benzene rings is 1. The van der Waals surface area contributed by atoms with Gasteiger partial charge in [-0.3, -0.25) is 10.4 Å². The molecule has 2 heterocycles. The van der Waals surface area contributed by atoms with Gasteiger partial charge in [-0.2, -0.15) is 0 Å². The number of para-hydroxylation sites is 1. The van der Waals surface area contributed by atoms with E-state index in [2.05, 4.69) is 11.0 Å². The highest BCUT2D eigenvalue weighted by Crippen LogP contribution is 2.31. The number of hydrazine groups is 2. The Balaban J connectivity index is 2.01. The molecule has 2 aliphatic heterocycles. The topological polar surface area (TPSA) is 53.6 Å². The predicted octanol–water partition coefficient (Wildman–Crippen LogP) is 1.32. The second kappa shape index (κ2) is 4.19. The molecule has 2 N–H and O–H groups in total. The summed E-state index contributed by atoms with van der Waals surface area (Å²) in [6.07, 6.45) is 3.87. The van der Waals surface area contributed by atoms with Crippen LogP contribution in [0.25, 0.3) is 6.08 Å². The van der Waals surface area contributed by atoms with Crippen molar-refractivity contribution in [3.8, 4) is 0 Å². The summed E-state index contributed by atoms with van der Waals surface area (Å²) in [7, 11) is 0. The van der Waals surface area contributed by atoms with Crippen molar-refractivity contribution in [2.75, 3.05) is 11.6 Å². The number of allylic oxidation sites excluding steroid dienone is 1. The zero-order valence-corrected chi connectivity index (χ0v) is 9.93. The molecule has 0 bridgehead atoms. The van der Waals surface area contributed by atoms with Gasteiger partial charge in [-0.25, -0.2) is 4.79 Å². The van der Waals surface area contributed by atoms with Crippen LogP contribution in [-0.4, -0.2) is 12.6 Å². The number of rotatable bonds is 2. The van der Waals surface area contributed by atoms with E-state index in [4.69, 9.17) is 4.74 Å². The first-order valence-corrected chi connectivity index (χ1v) is 5.81. The number of hydrogen-bond donors (Lipinski definition) is 2. The number of nitrogens with one attached hydrogen (secondary N) is 2. The van der Waals surface area contributed by atoms with Crippen LogP contribution in [0, 0.1) is 0 Å². The molecule has 0 saturated carbocycles. The Labute approximate surface area is 105 Å². The van der Waals surface area contributed by atoms with Crippen LogP contribution in [-0.2, 0) is 9.53 Å². The fourth-order valence-electron chi connectivity index (χ4n) is 2.06. The van der Waals surface area contributed by atoms with Gasteiger partial charge in [-0.1, -0.05) is 24.3 Å². The van der Waals surface area contributed by atoms with Crippen LogP contribution in [0.5, 0.6) is 0 Å². The molecule has 0 unspecified atom stereocenters. The SMILES string of the molecule is CCOC(=O)C1=C2C=Cc3ccccc3N2NN1. The van der Waals surface area contributed by atoms with E-state index in [1.807, 2.05) is 41.4 Å². The summed E-state index contributed by atoms with van der Waals surface area (Å²) < 4.78 is 5.00. The van der Waals surface area contributed by atoms with Gasteiger partial charge in [0.1, 0.15) is 0 Å². The maximum absolute atomic E-state index is 11.8. The number of carbonyl (C=O) groups is 1. The summed E-state index contributed by atoms with van der Waals surface area (Å²) in [6, 6.07) is 7.95. The van der Waals surface area contributed by atoms with Crippen molar-refractivity contribution in [2.24, 2.45) is 0 Å². The Kier molecular flexibility index (Phi) is 2.53. The molecule has 1 aromatic rings. The van der Waals surface area contributed by atoms with Crippen molar-refractivity contribution in [2.45, 2.75) is 6.92 Å². The lowest BCUT2D eigenvalue weighted by Gasteiger charge is -2.24. The summed E-state index contributed by atoms with van der Waals surface area (Å²) in [5, 5.41) is 1.83. The third-order valence-electron chi connectivity index (χ3n) is 2.87. The zero-order valence-electron chi connectivity index (χ0n) is 9.93. The van der Waals surface area contributed by atoms with E-state index in [9.17, 15) is 4.79 Å². The number of anilines is 1. The van der Waals surface area contributed by atoms with Gasteiger partial charge in [0.25, 0.3) is 0 Å². The third kappa shape index (κ3) is 1.56. The van der Waals surface area contributed by atoms with E-state index in [1.165, 1.54) is 0 Å². The van der Waals surface area contributed by atoms with Crippen LogP contribution in [0.4, 0.5) is 5.69 Å². The summed E-state index contributed by atoms with van der Waals surface area (Å²) in [6.45, 7) is 2.15. The maximum atomic E-state index is 11.8. The van der Waals surface area contributed by atoms with Gasteiger partial charge in [0.15, 0.2) is 5.70 Å². The standard InChI is InChI=1S/C13H13N3O2/c1-2-18-13(17)12-11-8-7-9-5-3-4-6-10(9)16(11)15-14-12/h3-8,14-15H,2H2,1H3. The molecule has 92 valence electrons. The van der Waals surface area contributed by atoms with Crippen molar-refractivity contribution in [1.29, 1.82) is 0 Å². The minimum atomic E-state index is -0.355. The molecule has 18 heavy (non-hydrogen) atoms. The highest BCUT2D eigenvalue weighted by molar-refractivity contribution is 5.93. The normalized spacial score (nSPS) is 16.2. The van der Waals surface area contributed by atoms with Crippen LogP contribution >= 0.6 is 0 Å². The van der Waals surface area contributed by atoms with E-state index in [-0.39, 0.29) is 5.97 Å². The Hall–Kier alpha value is -2.27. The predicted molar refractivity (Wildman–Crippen MR) is 67.9 cm³/mol. The first-order chi connectivity index (χ1) is 8.81. The van der Waals surface area contributed by atoms with Crippen LogP contribution in [0.2, 0.25) is 0 Å². The Bertz CT molecular complexity index is 563. The van der Waals surface area contributed by atoms with Crippen LogP contribution < -0.4 is 16.0 Å². The van der Waals surface area contributed by atoms with Crippen LogP contribution in [0.1, 0.15) is 12.5 Å². The summed E-state index contributed by atoms with van der Waals surface area (Å²) in [5.41, 5.74) is 9.12. The quantitative estimate of drug-likeness (QED) is 0.767. The minimum absolute atomic E-state index is 0.355.